The number of halogens is 3. The second-order valence-electron chi connectivity index (χ2n) is 8.70. The minimum atomic E-state index is -4.42. The first-order chi connectivity index (χ1) is 16.7. The van der Waals surface area contributed by atoms with Gasteiger partial charge in [-0.3, -0.25) is 9.59 Å². The fourth-order valence-electron chi connectivity index (χ4n) is 4.25. The molecule has 35 heavy (non-hydrogen) atoms. The van der Waals surface area contributed by atoms with Crippen molar-refractivity contribution >= 4 is 23.2 Å². The minimum Gasteiger partial charge on any atom is -0.364 e. The molecule has 0 bridgehead atoms. The van der Waals surface area contributed by atoms with Crippen LogP contribution in [0, 0.1) is 5.92 Å². The first-order valence-electron chi connectivity index (χ1n) is 11.2. The summed E-state index contributed by atoms with van der Waals surface area (Å²) >= 11 is 0. The summed E-state index contributed by atoms with van der Waals surface area (Å²) in [4.78, 5) is 36.6. The standard InChI is InChI=1S/C25H22F3N5O2/c26-25(27,28)18-4-6-19(7-5-18)33-12-11-32(24(35)15-1-2-15)14-17-13-16(3-8-21(17)33)23-30-10-9-20(31-23)22(29)34/h3-10,13,15H,1-2,11-12,14H2,(H2,29,34). The Hall–Kier alpha value is -3.95. The Kier molecular flexibility index (Phi) is 5.66. The van der Waals surface area contributed by atoms with Crippen molar-refractivity contribution in [3.63, 3.8) is 0 Å². The molecule has 180 valence electrons. The van der Waals surface area contributed by atoms with Crippen molar-refractivity contribution in [3.8, 4) is 11.4 Å². The van der Waals surface area contributed by atoms with Crippen LogP contribution < -0.4 is 10.6 Å². The molecule has 1 aliphatic carbocycles. The fourth-order valence-corrected chi connectivity index (χ4v) is 4.25. The number of hydrogen-bond acceptors (Lipinski definition) is 5. The molecule has 2 N–H and O–H groups in total. The average molecular weight is 481 g/mol. The number of carbonyl (C=O) groups excluding carboxylic acids is 2. The molecule has 1 saturated carbocycles. The first kappa shape index (κ1) is 22.8. The molecule has 2 amide bonds. The molecule has 0 unspecified atom stereocenters. The Balaban J connectivity index is 1.55. The second kappa shape index (κ2) is 8.68. The summed E-state index contributed by atoms with van der Waals surface area (Å²) < 4.78 is 39.2. The highest BCUT2D eigenvalue weighted by Crippen LogP contribution is 2.38. The lowest BCUT2D eigenvalue weighted by molar-refractivity contribution is -0.137. The number of hydrogen-bond donors (Lipinski definition) is 1. The van der Waals surface area contributed by atoms with Gasteiger partial charge in [-0.2, -0.15) is 13.2 Å². The molecule has 0 atom stereocenters. The van der Waals surface area contributed by atoms with Gasteiger partial charge >= 0.3 is 6.18 Å². The summed E-state index contributed by atoms with van der Waals surface area (Å²) in [5.74, 6) is -0.231. The van der Waals surface area contributed by atoms with Crippen molar-refractivity contribution in [2.45, 2.75) is 25.6 Å². The molecule has 1 aromatic heterocycles. The average Bonchev–Trinajstić information content (AvgIpc) is 3.70. The number of rotatable bonds is 4. The van der Waals surface area contributed by atoms with Gasteiger partial charge in [-0.25, -0.2) is 9.97 Å². The van der Waals surface area contributed by atoms with Crippen LogP contribution in [-0.4, -0.2) is 39.8 Å². The number of fused-ring (bicyclic) bond motifs is 1. The molecule has 0 spiro atoms. The fraction of sp³-hybridized carbons (Fsp3) is 0.280. The number of aromatic nitrogens is 2. The zero-order valence-electron chi connectivity index (χ0n) is 18.6. The Bertz CT molecular complexity index is 1290. The number of carbonyl (C=O) groups is 2. The maximum absolute atomic E-state index is 13.1. The van der Waals surface area contributed by atoms with Gasteiger partial charge in [0.1, 0.15) is 5.69 Å². The molecule has 2 aliphatic rings. The van der Waals surface area contributed by atoms with Crippen LogP contribution in [0.4, 0.5) is 24.5 Å². The Labute approximate surface area is 199 Å². The number of primary amides is 1. The van der Waals surface area contributed by atoms with Crippen molar-refractivity contribution in [1.82, 2.24) is 14.9 Å². The molecular weight excluding hydrogens is 459 g/mol. The van der Waals surface area contributed by atoms with Gasteiger partial charge in [-0.05, 0) is 66.9 Å². The molecule has 3 aromatic rings. The van der Waals surface area contributed by atoms with Crippen LogP contribution in [0.15, 0.2) is 54.7 Å². The van der Waals surface area contributed by atoms with Crippen molar-refractivity contribution < 1.29 is 22.8 Å². The van der Waals surface area contributed by atoms with Crippen LogP contribution in [-0.2, 0) is 17.5 Å². The highest BCUT2D eigenvalue weighted by atomic mass is 19.4. The molecule has 5 rings (SSSR count). The van der Waals surface area contributed by atoms with Gasteiger partial charge in [0.05, 0.1) is 5.56 Å². The third kappa shape index (κ3) is 4.68. The van der Waals surface area contributed by atoms with E-state index in [4.69, 9.17) is 5.73 Å². The summed E-state index contributed by atoms with van der Waals surface area (Å²) in [6, 6.07) is 11.9. The zero-order chi connectivity index (χ0) is 24.7. The lowest BCUT2D eigenvalue weighted by atomic mass is 10.1. The highest BCUT2D eigenvalue weighted by Gasteiger charge is 2.35. The van der Waals surface area contributed by atoms with Gasteiger partial charge in [-0.1, -0.05) is 0 Å². The lowest BCUT2D eigenvalue weighted by Gasteiger charge is -2.25. The summed E-state index contributed by atoms with van der Waals surface area (Å²) in [6.07, 6.45) is -1.22. The maximum atomic E-state index is 13.1. The SMILES string of the molecule is NC(=O)c1ccnc(-c2ccc3c(c2)CN(C(=O)C2CC2)CCN3c2ccc(C(F)(F)F)cc2)n1. The molecule has 0 radical (unpaired) electrons. The Morgan fingerprint density at radius 3 is 2.40 bits per heavy atom. The number of benzene rings is 2. The summed E-state index contributed by atoms with van der Waals surface area (Å²) in [5.41, 5.74) is 7.54. The summed E-state index contributed by atoms with van der Waals surface area (Å²) in [7, 11) is 0. The smallest absolute Gasteiger partial charge is 0.364 e. The van der Waals surface area contributed by atoms with E-state index in [1.807, 2.05) is 17.0 Å². The van der Waals surface area contributed by atoms with Gasteiger partial charge in [0.2, 0.25) is 5.91 Å². The van der Waals surface area contributed by atoms with E-state index in [1.165, 1.54) is 24.4 Å². The lowest BCUT2D eigenvalue weighted by Crippen LogP contribution is -2.35. The molecule has 0 saturated heterocycles. The first-order valence-corrected chi connectivity index (χ1v) is 11.2. The van der Waals surface area contributed by atoms with Gasteiger partial charge in [0.25, 0.3) is 5.91 Å². The molecule has 7 nitrogen and oxygen atoms in total. The minimum absolute atomic E-state index is 0.0369. The van der Waals surface area contributed by atoms with E-state index >= 15 is 0 Å². The third-order valence-electron chi connectivity index (χ3n) is 6.24. The van der Waals surface area contributed by atoms with E-state index in [1.54, 1.807) is 11.0 Å². The predicted octanol–water partition coefficient (Wildman–Crippen LogP) is 4.15. The van der Waals surface area contributed by atoms with Crippen LogP contribution in [0.25, 0.3) is 11.4 Å². The highest BCUT2D eigenvalue weighted by molar-refractivity contribution is 5.91. The van der Waals surface area contributed by atoms with Crippen LogP contribution in [0.5, 0.6) is 0 Å². The Morgan fingerprint density at radius 1 is 1.00 bits per heavy atom. The van der Waals surface area contributed by atoms with Gasteiger partial charge in [-0.15, -0.1) is 0 Å². The quantitative estimate of drug-likeness (QED) is 0.605. The van der Waals surface area contributed by atoms with Gasteiger partial charge in [0.15, 0.2) is 5.82 Å². The van der Waals surface area contributed by atoms with E-state index < -0.39 is 17.6 Å². The van der Waals surface area contributed by atoms with E-state index in [-0.39, 0.29) is 17.5 Å². The van der Waals surface area contributed by atoms with Gasteiger partial charge in [0, 0.05) is 48.7 Å². The predicted molar refractivity (Wildman–Crippen MR) is 123 cm³/mol. The number of nitrogens with zero attached hydrogens (tertiary/aromatic N) is 4. The van der Waals surface area contributed by atoms with Crippen molar-refractivity contribution in [2.75, 3.05) is 18.0 Å². The summed E-state index contributed by atoms with van der Waals surface area (Å²) in [6.45, 7) is 1.23. The number of amides is 2. The van der Waals surface area contributed by atoms with Crippen molar-refractivity contribution in [2.24, 2.45) is 11.7 Å². The molecular formula is C25H22F3N5O2. The van der Waals surface area contributed by atoms with Crippen LogP contribution in [0.1, 0.15) is 34.5 Å². The Morgan fingerprint density at radius 2 is 1.74 bits per heavy atom. The van der Waals surface area contributed by atoms with E-state index in [0.717, 1.165) is 36.2 Å². The molecule has 2 aromatic carbocycles. The molecule has 1 fully saturated rings. The van der Waals surface area contributed by atoms with Crippen LogP contribution in [0.3, 0.4) is 0 Å². The molecule has 1 aliphatic heterocycles. The molecule has 2 heterocycles. The third-order valence-corrected chi connectivity index (χ3v) is 6.24. The largest absolute Gasteiger partial charge is 0.416 e. The van der Waals surface area contributed by atoms with E-state index in [9.17, 15) is 22.8 Å². The topological polar surface area (TPSA) is 92.4 Å². The normalized spacial score (nSPS) is 16.0. The van der Waals surface area contributed by atoms with Crippen molar-refractivity contribution in [1.29, 1.82) is 0 Å². The summed E-state index contributed by atoms with van der Waals surface area (Å²) in [5, 5.41) is 0. The van der Waals surface area contributed by atoms with E-state index in [2.05, 4.69) is 9.97 Å². The van der Waals surface area contributed by atoms with E-state index in [0.29, 0.717) is 36.7 Å². The number of anilines is 2. The number of alkyl halides is 3. The number of nitrogens with two attached hydrogens (primary N) is 1. The van der Waals surface area contributed by atoms with Crippen molar-refractivity contribution in [3.05, 3.63) is 71.5 Å². The second-order valence-corrected chi connectivity index (χ2v) is 8.70. The van der Waals surface area contributed by atoms with Crippen LogP contribution >= 0.6 is 0 Å². The monoisotopic (exact) mass is 481 g/mol. The molecule has 10 heteroatoms. The van der Waals surface area contributed by atoms with Gasteiger partial charge < -0.3 is 15.5 Å². The van der Waals surface area contributed by atoms with Crippen LogP contribution in [0.2, 0.25) is 0 Å². The maximum Gasteiger partial charge on any atom is 0.416 e. The zero-order valence-corrected chi connectivity index (χ0v) is 18.6.